The second kappa shape index (κ2) is 10.0. The standard InChI is InChI=1S/C27H26ClNO3/c28-24-13-7-6-12-23(24)26(30)29(22-10-2-1-3-11-22)18-19-14-16-21(17-15-19)25(27(31)32)20-8-4-5-9-20/h1-3,6-7,10-17,20,25H,4-5,8-9,18H2,(H,31,32). The highest BCUT2D eigenvalue weighted by Gasteiger charge is 2.31. The van der Waals surface area contributed by atoms with Crippen molar-refractivity contribution < 1.29 is 14.7 Å². The third kappa shape index (κ3) is 4.86. The Kier molecular flexibility index (Phi) is 6.91. The van der Waals surface area contributed by atoms with Crippen molar-refractivity contribution in [3.63, 3.8) is 0 Å². The number of nitrogens with zero attached hydrogens (tertiary/aromatic N) is 1. The SMILES string of the molecule is O=C(O)C(c1ccc(CN(C(=O)c2ccccc2Cl)c2ccccc2)cc1)C1CCCC1. The molecule has 4 rings (SSSR count). The Labute approximate surface area is 193 Å². The molecule has 32 heavy (non-hydrogen) atoms. The number of carbonyl (C=O) groups is 2. The number of hydrogen-bond acceptors (Lipinski definition) is 2. The first-order valence-corrected chi connectivity index (χ1v) is 11.4. The van der Waals surface area contributed by atoms with E-state index in [0.29, 0.717) is 17.1 Å². The maximum atomic E-state index is 13.4. The third-order valence-corrected chi connectivity index (χ3v) is 6.56. The molecule has 5 heteroatoms. The summed E-state index contributed by atoms with van der Waals surface area (Å²) >= 11 is 6.30. The number of carboxylic acid groups (broad SMARTS) is 1. The van der Waals surface area contributed by atoms with Crippen LogP contribution in [0.1, 0.15) is 53.1 Å². The molecular formula is C27H26ClNO3. The Morgan fingerprint density at radius 3 is 2.16 bits per heavy atom. The molecular weight excluding hydrogens is 422 g/mol. The fourth-order valence-corrected chi connectivity index (χ4v) is 4.80. The van der Waals surface area contributed by atoms with Crippen molar-refractivity contribution in [1.82, 2.24) is 0 Å². The minimum atomic E-state index is -0.760. The van der Waals surface area contributed by atoms with Crippen LogP contribution in [0.4, 0.5) is 5.69 Å². The predicted molar refractivity (Wildman–Crippen MR) is 127 cm³/mol. The van der Waals surface area contributed by atoms with E-state index in [-0.39, 0.29) is 11.8 Å². The normalized spacial score (nSPS) is 14.8. The van der Waals surface area contributed by atoms with Gasteiger partial charge >= 0.3 is 5.97 Å². The third-order valence-electron chi connectivity index (χ3n) is 6.23. The monoisotopic (exact) mass is 447 g/mol. The molecule has 0 saturated heterocycles. The van der Waals surface area contributed by atoms with Gasteiger partial charge in [0.2, 0.25) is 0 Å². The lowest BCUT2D eigenvalue weighted by Crippen LogP contribution is -2.30. The summed E-state index contributed by atoms with van der Waals surface area (Å²) in [6.45, 7) is 0.357. The number of amides is 1. The average Bonchev–Trinajstić information content (AvgIpc) is 3.33. The van der Waals surface area contributed by atoms with Crippen LogP contribution in [-0.4, -0.2) is 17.0 Å². The van der Waals surface area contributed by atoms with Crippen molar-refractivity contribution >= 4 is 29.2 Å². The molecule has 1 fully saturated rings. The molecule has 164 valence electrons. The van der Waals surface area contributed by atoms with Gasteiger partial charge in [-0.25, -0.2) is 0 Å². The Morgan fingerprint density at radius 1 is 0.906 bits per heavy atom. The van der Waals surface area contributed by atoms with E-state index < -0.39 is 11.9 Å². The van der Waals surface area contributed by atoms with Crippen LogP contribution in [-0.2, 0) is 11.3 Å². The van der Waals surface area contributed by atoms with Gasteiger partial charge in [-0.2, -0.15) is 0 Å². The zero-order valence-electron chi connectivity index (χ0n) is 17.8. The minimum absolute atomic E-state index is 0.180. The molecule has 1 N–H and O–H groups in total. The van der Waals surface area contributed by atoms with Gasteiger partial charge in [0.05, 0.1) is 23.0 Å². The number of hydrogen-bond donors (Lipinski definition) is 1. The molecule has 1 aliphatic carbocycles. The molecule has 1 amide bonds. The summed E-state index contributed by atoms with van der Waals surface area (Å²) in [6, 6.07) is 24.2. The lowest BCUT2D eigenvalue weighted by molar-refractivity contribution is -0.140. The van der Waals surface area contributed by atoms with Crippen molar-refractivity contribution in [2.45, 2.75) is 38.1 Å². The molecule has 4 nitrogen and oxygen atoms in total. The van der Waals surface area contributed by atoms with Crippen LogP contribution < -0.4 is 4.90 Å². The topological polar surface area (TPSA) is 57.6 Å². The second-order valence-electron chi connectivity index (χ2n) is 8.31. The maximum absolute atomic E-state index is 13.4. The number of carbonyl (C=O) groups excluding carboxylic acids is 1. The number of carboxylic acids is 1. The number of aliphatic carboxylic acids is 1. The summed E-state index contributed by atoms with van der Waals surface area (Å²) in [6.07, 6.45) is 4.13. The first kappa shape index (κ1) is 22.1. The summed E-state index contributed by atoms with van der Waals surface area (Å²) in [5.74, 6) is -1.22. The summed E-state index contributed by atoms with van der Waals surface area (Å²) in [4.78, 5) is 27.0. The lowest BCUT2D eigenvalue weighted by Gasteiger charge is -2.24. The molecule has 1 saturated carbocycles. The van der Waals surface area contributed by atoms with Crippen molar-refractivity contribution in [2.24, 2.45) is 5.92 Å². The van der Waals surface area contributed by atoms with Gasteiger partial charge in [-0.1, -0.05) is 79.0 Å². The average molecular weight is 448 g/mol. The molecule has 3 aromatic carbocycles. The van der Waals surface area contributed by atoms with Crippen molar-refractivity contribution in [2.75, 3.05) is 4.90 Å². The first-order valence-electron chi connectivity index (χ1n) is 11.0. The lowest BCUT2D eigenvalue weighted by atomic mass is 9.84. The Hall–Kier alpha value is -3.11. The van der Waals surface area contributed by atoms with E-state index in [0.717, 1.165) is 42.5 Å². The summed E-state index contributed by atoms with van der Waals surface area (Å²) < 4.78 is 0. The number of anilines is 1. The molecule has 0 aromatic heterocycles. The highest BCUT2D eigenvalue weighted by molar-refractivity contribution is 6.34. The van der Waals surface area contributed by atoms with E-state index in [1.165, 1.54) is 0 Å². The van der Waals surface area contributed by atoms with Gasteiger partial charge in [-0.3, -0.25) is 9.59 Å². The summed E-state index contributed by atoms with van der Waals surface area (Å²) in [5.41, 5.74) is 2.98. The van der Waals surface area contributed by atoms with Crippen LogP contribution >= 0.6 is 11.6 Å². The van der Waals surface area contributed by atoms with Crippen LogP contribution in [0.2, 0.25) is 5.02 Å². The Morgan fingerprint density at radius 2 is 1.53 bits per heavy atom. The van der Waals surface area contributed by atoms with Crippen molar-refractivity contribution in [1.29, 1.82) is 0 Å². The van der Waals surface area contributed by atoms with Gasteiger partial charge in [-0.05, 0) is 54.2 Å². The fourth-order valence-electron chi connectivity index (χ4n) is 4.59. The predicted octanol–water partition coefficient (Wildman–Crippen LogP) is 6.55. The van der Waals surface area contributed by atoms with E-state index in [2.05, 4.69) is 0 Å². The van der Waals surface area contributed by atoms with Crippen LogP contribution in [0, 0.1) is 5.92 Å². The fraction of sp³-hybridized carbons (Fsp3) is 0.259. The van der Waals surface area contributed by atoms with Gasteiger partial charge in [0, 0.05) is 5.69 Å². The largest absolute Gasteiger partial charge is 0.481 e. The van der Waals surface area contributed by atoms with E-state index in [1.807, 2.05) is 54.6 Å². The molecule has 0 heterocycles. The molecule has 1 atom stereocenters. The van der Waals surface area contributed by atoms with Gasteiger partial charge in [0.25, 0.3) is 5.91 Å². The smallest absolute Gasteiger partial charge is 0.311 e. The van der Waals surface area contributed by atoms with Crippen molar-refractivity contribution in [3.8, 4) is 0 Å². The van der Waals surface area contributed by atoms with Crippen LogP contribution in [0.15, 0.2) is 78.9 Å². The van der Waals surface area contributed by atoms with E-state index in [4.69, 9.17) is 11.6 Å². The molecule has 3 aromatic rings. The first-order chi connectivity index (χ1) is 15.5. The maximum Gasteiger partial charge on any atom is 0.311 e. The summed E-state index contributed by atoms with van der Waals surface area (Å²) in [7, 11) is 0. The van der Waals surface area contributed by atoms with Gasteiger partial charge in [0.15, 0.2) is 0 Å². The minimum Gasteiger partial charge on any atom is -0.481 e. The number of rotatable bonds is 7. The van der Waals surface area contributed by atoms with Gasteiger partial charge in [-0.15, -0.1) is 0 Å². The van der Waals surface area contributed by atoms with E-state index >= 15 is 0 Å². The van der Waals surface area contributed by atoms with Gasteiger partial charge in [0.1, 0.15) is 0 Å². The molecule has 0 aliphatic heterocycles. The van der Waals surface area contributed by atoms with Crippen molar-refractivity contribution in [3.05, 3.63) is 101 Å². The van der Waals surface area contributed by atoms with Crippen LogP contribution in [0.25, 0.3) is 0 Å². The molecule has 0 radical (unpaired) electrons. The Balaban J connectivity index is 1.60. The zero-order chi connectivity index (χ0) is 22.5. The van der Waals surface area contributed by atoms with Crippen LogP contribution in [0.3, 0.4) is 0 Å². The number of halogens is 1. The second-order valence-corrected chi connectivity index (χ2v) is 8.72. The van der Waals surface area contributed by atoms with E-state index in [9.17, 15) is 14.7 Å². The highest BCUT2D eigenvalue weighted by atomic mass is 35.5. The number of para-hydroxylation sites is 1. The zero-order valence-corrected chi connectivity index (χ0v) is 18.5. The highest BCUT2D eigenvalue weighted by Crippen LogP contribution is 2.37. The Bertz CT molecular complexity index is 1080. The molecule has 1 unspecified atom stereocenters. The van der Waals surface area contributed by atoms with Crippen LogP contribution in [0.5, 0.6) is 0 Å². The molecule has 1 aliphatic rings. The number of benzene rings is 3. The van der Waals surface area contributed by atoms with E-state index in [1.54, 1.807) is 29.2 Å². The molecule has 0 spiro atoms. The quantitative estimate of drug-likeness (QED) is 0.447. The van der Waals surface area contributed by atoms with Gasteiger partial charge < -0.3 is 10.0 Å². The molecule has 0 bridgehead atoms. The summed E-state index contributed by atoms with van der Waals surface area (Å²) in [5, 5.41) is 10.2.